The lowest BCUT2D eigenvalue weighted by Gasteiger charge is -2.35. The number of rotatable bonds is 2. The number of fused-ring (bicyclic) bond motifs is 4. The second-order valence-corrected chi connectivity index (χ2v) is 10.1. The number of aliphatic hydroxyl groups is 1. The molecule has 3 heterocycles. The molecule has 0 aliphatic carbocycles. The van der Waals surface area contributed by atoms with Crippen molar-refractivity contribution in [3.63, 3.8) is 0 Å². The third-order valence-corrected chi connectivity index (χ3v) is 7.01. The fourth-order valence-corrected chi connectivity index (χ4v) is 4.90. The Kier molecular flexibility index (Phi) is 7.93. The summed E-state index contributed by atoms with van der Waals surface area (Å²) >= 11 is 3.47. The first kappa shape index (κ1) is 25.4. The molecule has 188 valence electrons. The zero-order valence-electron chi connectivity index (χ0n) is 19.9. The van der Waals surface area contributed by atoms with Crippen LogP contribution in [-0.4, -0.2) is 63.9 Å². The molecule has 0 unspecified atom stereocenters. The van der Waals surface area contributed by atoms with Gasteiger partial charge in [0.25, 0.3) is 0 Å². The maximum Gasteiger partial charge on any atom is 0.407 e. The zero-order chi connectivity index (χ0) is 25.0. The van der Waals surface area contributed by atoms with E-state index >= 15 is 0 Å². The van der Waals surface area contributed by atoms with E-state index in [1.807, 2.05) is 36.4 Å². The average Bonchev–Trinajstić information content (AvgIpc) is 3.43. The number of aromatic nitrogens is 2. The highest BCUT2D eigenvalue weighted by molar-refractivity contribution is 9.10. The normalized spacial score (nSPS) is 25.5. The maximum absolute atomic E-state index is 13.8. The lowest BCUT2D eigenvalue weighted by atomic mass is 9.92. The third-order valence-electron chi connectivity index (χ3n) is 6.48. The zero-order valence-corrected chi connectivity index (χ0v) is 21.5. The van der Waals surface area contributed by atoms with Crippen LogP contribution in [0.25, 0.3) is 11.3 Å². The molecule has 10 heteroatoms. The molecular weight excluding hydrogens is 516 g/mol. The van der Waals surface area contributed by atoms with Gasteiger partial charge in [0.05, 0.1) is 43.9 Å². The molecule has 2 aromatic rings. The van der Waals surface area contributed by atoms with Crippen LogP contribution in [0.1, 0.15) is 50.2 Å². The van der Waals surface area contributed by atoms with Crippen molar-refractivity contribution in [3.05, 3.63) is 52.4 Å². The molecule has 1 fully saturated rings. The van der Waals surface area contributed by atoms with Crippen LogP contribution in [0, 0.1) is 0 Å². The number of aliphatic hydroxyl groups excluding tert-OH is 1. The molecule has 2 bridgehead atoms. The number of carbonyl (C=O) groups excluding carboxylic acids is 2. The highest BCUT2D eigenvalue weighted by Gasteiger charge is 2.45. The first-order valence-corrected chi connectivity index (χ1v) is 12.5. The molecule has 1 saturated heterocycles. The highest BCUT2D eigenvalue weighted by atomic mass is 79.9. The Labute approximate surface area is 213 Å². The van der Waals surface area contributed by atoms with Crippen molar-refractivity contribution < 1.29 is 24.2 Å². The molecule has 9 nitrogen and oxygen atoms in total. The van der Waals surface area contributed by atoms with E-state index in [4.69, 9.17) is 14.5 Å². The van der Waals surface area contributed by atoms with Gasteiger partial charge in [-0.25, -0.2) is 9.78 Å². The van der Waals surface area contributed by atoms with Crippen LogP contribution in [0.5, 0.6) is 0 Å². The van der Waals surface area contributed by atoms with E-state index in [9.17, 15) is 14.7 Å². The Morgan fingerprint density at radius 1 is 1.34 bits per heavy atom. The van der Waals surface area contributed by atoms with Gasteiger partial charge in [0.1, 0.15) is 11.4 Å². The number of halogens is 1. The van der Waals surface area contributed by atoms with E-state index in [-0.39, 0.29) is 12.5 Å². The monoisotopic (exact) mass is 546 g/mol. The molecular formula is C25H31BrN4O5. The number of allylic oxidation sites excluding steroid dienone is 1. The lowest BCUT2D eigenvalue weighted by molar-refractivity contribution is -0.139. The van der Waals surface area contributed by atoms with Crippen molar-refractivity contribution in [2.45, 2.75) is 56.9 Å². The van der Waals surface area contributed by atoms with E-state index in [2.05, 4.69) is 26.2 Å². The number of H-pyrrole nitrogens is 1. The number of aromatic amines is 1. The Hall–Kier alpha value is -2.69. The van der Waals surface area contributed by atoms with E-state index in [0.29, 0.717) is 38.3 Å². The largest absolute Gasteiger partial charge is 0.453 e. The van der Waals surface area contributed by atoms with Crippen LogP contribution in [0.15, 0.2) is 40.9 Å². The summed E-state index contributed by atoms with van der Waals surface area (Å²) in [7, 11) is 1.27. The molecule has 35 heavy (non-hydrogen) atoms. The molecule has 2 amide bonds. The molecule has 2 aliphatic rings. The Morgan fingerprint density at radius 3 is 2.86 bits per heavy atom. The van der Waals surface area contributed by atoms with E-state index in [1.54, 1.807) is 11.8 Å². The summed E-state index contributed by atoms with van der Waals surface area (Å²) in [4.78, 5) is 35.8. The minimum atomic E-state index is -1.19. The summed E-state index contributed by atoms with van der Waals surface area (Å²) in [6, 6.07) is 7.36. The van der Waals surface area contributed by atoms with E-state index in [0.717, 1.165) is 27.8 Å². The van der Waals surface area contributed by atoms with Gasteiger partial charge in [0.2, 0.25) is 5.91 Å². The smallest absolute Gasteiger partial charge is 0.407 e. The Balaban J connectivity index is 1.75. The van der Waals surface area contributed by atoms with Crippen molar-refractivity contribution in [2.75, 3.05) is 20.3 Å². The van der Waals surface area contributed by atoms with Crippen LogP contribution in [0.3, 0.4) is 0 Å². The van der Waals surface area contributed by atoms with Gasteiger partial charge in [-0.3, -0.25) is 4.79 Å². The minimum absolute atomic E-state index is 0.155. The number of alkyl carbamates (subject to hydrolysis) is 1. The summed E-state index contributed by atoms with van der Waals surface area (Å²) in [5, 5.41) is 13.3. The number of carbonyl (C=O) groups is 2. The van der Waals surface area contributed by atoms with Gasteiger partial charge in [0.15, 0.2) is 0 Å². The lowest BCUT2D eigenvalue weighted by Crippen LogP contribution is -2.58. The maximum atomic E-state index is 13.8. The van der Waals surface area contributed by atoms with Crippen molar-refractivity contribution in [1.82, 2.24) is 20.2 Å². The van der Waals surface area contributed by atoms with Gasteiger partial charge in [0, 0.05) is 23.0 Å². The first-order chi connectivity index (χ1) is 16.8. The van der Waals surface area contributed by atoms with Gasteiger partial charge in [-0.05, 0) is 38.3 Å². The summed E-state index contributed by atoms with van der Waals surface area (Å²) in [6.45, 7) is 2.63. The van der Waals surface area contributed by atoms with Crippen molar-refractivity contribution in [1.29, 1.82) is 0 Å². The number of imidazole rings is 1. The predicted octanol–water partition coefficient (Wildman–Crippen LogP) is 3.84. The van der Waals surface area contributed by atoms with Crippen molar-refractivity contribution >= 4 is 27.9 Å². The summed E-state index contributed by atoms with van der Waals surface area (Å²) in [5.74, 6) is 0.306. The molecule has 0 spiro atoms. The molecule has 4 rings (SSSR count). The number of hydrogen-bond donors (Lipinski definition) is 3. The number of methoxy groups -OCH3 is 1. The number of benzene rings is 1. The molecule has 3 N–H and O–H groups in total. The number of nitrogens with one attached hydrogen (secondary N) is 2. The first-order valence-electron chi connectivity index (χ1n) is 11.7. The van der Waals surface area contributed by atoms with Crippen LogP contribution < -0.4 is 5.32 Å². The van der Waals surface area contributed by atoms with Gasteiger partial charge in [-0.15, -0.1) is 0 Å². The van der Waals surface area contributed by atoms with Crippen LogP contribution in [-0.2, 0) is 20.9 Å². The minimum Gasteiger partial charge on any atom is -0.453 e. The van der Waals surface area contributed by atoms with E-state index < -0.39 is 23.8 Å². The number of hydrogen-bond acceptors (Lipinski definition) is 6. The fraction of sp³-hybridized carbons (Fsp3) is 0.480. The van der Waals surface area contributed by atoms with Crippen LogP contribution in [0.4, 0.5) is 4.79 Å². The topological polar surface area (TPSA) is 117 Å². The Bertz CT molecular complexity index is 1090. The fourth-order valence-electron chi connectivity index (χ4n) is 4.64. The molecule has 0 saturated carbocycles. The number of nitrogens with zero attached hydrogens (tertiary/aromatic N) is 2. The molecule has 0 radical (unpaired) electrons. The SMILES string of the molecule is COC(=O)N[C@]1(C)CCCC=CCOCc2[nH]c(nc2-c2ccc(Br)cc2)[C@@H]2C[C@H](O)CN2C1=O. The second kappa shape index (κ2) is 10.9. The Morgan fingerprint density at radius 2 is 2.11 bits per heavy atom. The number of ether oxygens (including phenoxy) is 2. The molecule has 2 aliphatic heterocycles. The molecule has 3 atom stereocenters. The molecule has 1 aromatic heterocycles. The molecule has 1 aromatic carbocycles. The van der Waals surface area contributed by atoms with Crippen LogP contribution >= 0.6 is 15.9 Å². The van der Waals surface area contributed by atoms with Gasteiger partial charge in [-0.1, -0.05) is 40.2 Å². The predicted molar refractivity (Wildman–Crippen MR) is 133 cm³/mol. The van der Waals surface area contributed by atoms with Crippen molar-refractivity contribution in [3.8, 4) is 11.3 Å². The van der Waals surface area contributed by atoms with E-state index in [1.165, 1.54) is 7.11 Å². The number of amides is 2. The standard InChI is InChI=1S/C25H31BrN4O5/c1-25(29-24(33)34-2)11-5-3-4-6-12-35-15-19-21(16-7-9-17(26)10-8-16)28-22(27-19)20-13-18(31)14-30(20)23(25)32/h4,6-10,18,20,31H,3,5,11-15H2,1-2H3,(H,27,28)(H,29,33)/t18-,20-,25+/m0/s1. The quantitative estimate of drug-likeness (QED) is 0.492. The third kappa shape index (κ3) is 5.76. The van der Waals surface area contributed by atoms with Crippen molar-refractivity contribution in [2.24, 2.45) is 0 Å². The average molecular weight is 547 g/mol. The van der Waals surface area contributed by atoms with Gasteiger partial charge >= 0.3 is 6.09 Å². The second-order valence-electron chi connectivity index (χ2n) is 9.15. The summed E-state index contributed by atoms with van der Waals surface area (Å²) in [5.41, 5.74) is 1.27. The van der Waals surface area contributed by atoms with Gasteiger partial charge in [-0.2, -0.15) is 0 Å². The van der Waals surface area contributed by atoms with Crippen LogP contribution in [0.2, 0.25) is 0 Å². The van der Waals surface area contributed by atoms with Gasteiger partial charge < -0.3 is 29.8 Å². The summed E-state index contributed by atoms with van der Waals surface area (Å²) in [6.07, 6.45) is 4.78. The highest BCUT2D eigenvalue weighted by Crippen LogP contribution is 2.36. The summed E-state index contributed by atoms with van der Waals surface area (Å²) < 4.78 is 11.6.